The molecule has 0 saturated heterocycles. The maximum absolute atomic E-state index is 12.8. The average molecular weight is 422 g/mol. The fourth-order valence-corrected chi connectivity index (χ4v) is 3.50. The maximum atomic E-state index is 12.8. The zero-order valence-electron chi connectivity index (χ0n) is 12.2. The Morgan fingerprint density at radius 1 is 1.36 bits per heavy atom. The molecular weight excluding hydrogens is 414 g/mol. The Kier molecular flexibility index (Phi) is 3.77. The van der Waals surface area contributed by atoms with Gasteiger partial charge in [0.25, 0.3) is 5.91 Å². The number of amides is 1. The molecule has 1 unspecified atom stereocenters. The minimum absolute atomic E-state index is 0.00378. The van der Waals surface area contributed by atoms with Gasteiger partial charge < -0.3 is 13.9 Å². The van der Waals surface area contributed by atoms with Crippen molar-refractivity contribution < 1.29 is 23.5 Å². The molecule has 0 fully saturated rings. The first-order valence-electron chi connectivity index (χ1n) is 6.94. The van der Waals surface area contributed by atoms with Gasteiger partial charge in [-0.3, -0.25) is 14.5 Å². The number of hydrogen-bond acceptors (Lipinski definition) is 8. The van der Waals surface area contributed by atoms with E-state index in [1.165, 1.54) is 22.7 Å². The Labute approximate surface area is 152 Å². The number of anilines is 1. The molecule has 0 radical (unpaired) electrons. The third-order valence-corrected chi connectivity index (χ3v) is 4.73. The summed E-state index contributed by atoms with van der Waals surface area (Å²) in [6, 6.07) is 5.25. The Morgan fingerprint density at radius 2 is 2.20 bits per heavy atom. The molecule has 0 aromatic carbocycles. The number of Topliss-reactive ketones (excluding diaryl/α,β-unsaturated/α-hetero) is 1. The number of hydrogen-bond donors (Lipinski definition) is 1. The van der Waals surface area contributed by atoms with Gasteiger partial charge in [-0.25, -0.2) is 0 Å². The summed E-state index contributed by atoms with van der Waals surface area (Å²) in [5.74, 6) is -1.75. The minimum Gasteiger partial charge on any atom is -0.503 e. The summed E-state index contributed by atoms with van der Waals surface area (Å²) >= 11 is 4.30. The number of furan rings is 2. The Morgan fingerprint density at radius 3 is 2.80 bits per heavy atom. The van der Waals surface area contributed by atoms with Crippen LogP contribution in [0.1, 0.15) is 22.4 Å². The van der Waals surface area contributed by atoms with Crippen LogP contribution in [-0.2, 0) is 4.79 Å². The third-order valence-electron chi connectivity index (χ3n) is 3.62. The second-order valence-corrected chi connectivity index (χ2v) is 6.60. The van der Waals surface area contributed by atoms with Crippen LogP contribution in [0.3, 0.4) is 0 Å². The number of ketones is 1. The van der Waals surface area contributed by atoms with E-state index in [9.17, 15) is 14.7 Å². The van der Waals surface area contributed by atoms with Crippen LogP contribution >= 0.6 is 27.3 Å². The minimum atomic E-state index is -0.982. The van der Waals surface area contributed by atoms with Gasteiger partial charge in [-0.1, -0.05) is 11.3 Å². The van der Waals surface area contributed by atoms with Crippen molar-refractivity contribution in [3.05, 3.63) is 63.6 Å². The molecule has 0 aliphatic carbocycles. The Bertz CT molecular complexity index is 977. The molecule has 1 aliphatic rings. The number of aliphatic hydroxyl groups is 1. The molecule has 0 bridgehead atoms. The first-order valence-corrected chi connectivity index (χ1v) is 8.61. The zero-order valence-corrected chi connectivity index (χ0v) is 14.7. The molecule has 4 heterocycles. The molecule has 0 saturated carbocycles. The van der Waals surface area contributed by atoms with Gasteiger partial charge in [0.1, 0.15) is 17.3 Å². The van der Waals surface area contributed by atoms with Gasteiger partial charge in [-0.2, -0.15) is 0 Å². The molecule has 1 amide bonds. The summed E-state index contributed by atoms with van der Waals surface area (Å²) in [6.07, 6.45) is 1.34. The summed E-state index contributed by atoms with van der Waals surface area (Å²) in [5, 5.41) is 18.2. The van der Waals surface area contributed by atoms with Gasteiger partial charge in [0, 0.05) is 0 Å². The molecule has 3 aromatic heterocycles. The van der Waals surface area contributed by atoms with E-state index < -0.39 is 23.5 Å². The summed E-state index contributed by atoms with van der Waals surface area (Å²) < 4.78 is 11.1. The summed E-state index contributed by atoms with van der Waals surface area (Å²) in [6.45, 7) is 0. The quantitative estimate of drug-likeness (QED) is 0.643. The normalized spacial score (nSPS) is 17.6. The number of halogens is 1. The first kappa shape index (κ1) is 15.8. The standard InChI is InChI=1S/C15H8BrN3O5S/c16-9-4-3-7(24-9)11-10(12(20)8-2-1-5-23-8)13(21)14(22)19(11)15-18-17-6-25-15/h1-6,11,21H. The van der Waals surface area contributed by atoms with E-state index in [2.05, 4.69) is 26.1 Å². The molecule has 1 atom stereocenters. The second kappa shape index (κ2) is 5.97. The Hall–Kier alpha value is -2.72. The highest BCUT2D eigenvalue weighted by Crippen LogP contribution is 2.43. The first-order chi connectivity index (χ1) is 12.1. The van der Waals surface area contributed by atoms with Crippen molar-refractivity contribution in [2.45, 2.75) is 6.04 Å². The van der Waals surface area contributed by atoms with Crippen LogP contribution in [0.15, 0.2) is 60.9 Å². The van der Waals surface area contributed by atoms with Gasteiger partial charge in [0.05, 0.1) is 11.8 Å². The van der Waals surface area contributed by atoms with E-state index in [1.807, 2.05) is 0 Å². The lowest BCUT2D eigenvalue weighted by atomic mass is 10.00. The van der Waals surface area contributed by atoms with Gasteiger partial charge in [0.15, 0.2) is 16.2 Å². The lowest BCUT2D eigenvalue weighted by Crippen LogP contribution is -2.30. The molecule has 126 valence electrons. The molecule has 10 heteroatoms. The number of carbonyl (C=O) groups excluding carboxylic acids is 2. The van der Waals surface area contributed by atoms with Gasteiger partial charge in [-0.05, 0) is 40.2 Å². The number of aromatic nitrogens is 2. The largest absolute Gasteiger partial charge is 0.503 e. The molecule has 1 aliphatic heterocycles. The van der Waals surface area contributed by atoms with Crippen molar-refractivity contribution >= 4 is 44.1 Å². The molecule has 8 nitrogen and oxygen atoms in total. The smallest absolute Gasteiger partial charge is 0.296 e. The summed E-state index contributed by atoms with van der Waals surface area (Å²) in [7, 11) is 0. The van der Waals surface area contributed by atoms with Crippen LogP contribution in [0.4, 0.5) is 5.13 Å². The van der Waals surface area contributed by atoms with Crippen molar-refractivity contribution in [2.75, 3.05) is 4.90 Å². The average Bonchev–Trinajstić information content (AvgIpc) is 3.36. The molecule has 0 spiro atoms. The molecule has 1 N–H and O–H groups in total. The summed E-state index contributed by atoms with van der Waals surface area (Å²) in [5.41, 5.74) is 1.30. The monoisotopic (exact) mass is 421 g/mol. The lowest BCUT2D eigenvalue weighted by Gasteiger charge is -2.21. The van der Waals surface area contributed by atoms with Gasteiger partial charge >= 0.3 is 0 Å². The van der Waals surface area contributed by atoms with Crippen LogP contribution in [0.2, 0.25) is 0 Å². The number of rotatable bonds is 4. The number of nitrogens with zero attached hydrogens (tertiary/aromatic N) is 3. The molecule has 3 aromatic rings. The zero-order chi connectivity index (χ0) is 17.6. The summed E-state index contributed by atoms with van der Waals surface area (Å²) in [4.78, 5) is 26.6. The lowest BCUT2D eigenvalue weighted by molar-refractivity contribution is -0.117. The maximum Gasteiger partial charge on any atom is 0.296 e. The van der Waals surface area contributed by atoms with E-state index in [-0.39, 0.29) is 22.2 Å². The Balaban J connectivity index is 1.87. The topological polar surface area (TPSA) is 110 Å². The SMILES string of the molecule is O=C(C1=C(O)C(=O)N(c2nncs2)C1c1ccc(Br)o1)c1ccco1. The number of aliphatic hydroxyl groups excluding tert-OH is 1. The van der Waals surface area contributed by atoms with Gasteiger partial charge in [0.2, 0.25) is 10.9 Å². The van der Waals surface area contributed by atoms with E-state index in [1.54, 1.807) is 18.2 Å². The molecular formula is C15H8BrN3O5S. The van der Waals surface area contributed by atoms with Crippen LogP contribution in [0, 0.1) is 0 Å². The highest BCUT2D eigenvalue weighted by Gasteiger charge is 2.47. The fraction of sp³-hybridized carbons (Fsp3) is 0.0667. The predicted octanol–water partition coefficient (Wildman–Crippen LogP) is 3.27. The van der Waals surface area contributed by atoms with Crippen molar-refractivity contribution in [3.8, 4) is 0 Å². The van der Waals surface area contributed by atoms with E-state index in [4.69, 9.17) is 8.83 Å². The second-order valence-electron chi connectivity index (χ2n) is 5.01. The van der Waals surface area contributed by atoms with E-state index in [0.29, 0.717) is 4.67 Å². The van der Waals surface area contributed by atoms with Gasteiger partial charge in [-0.15, -0.1) is 10.2 Å². The van der Waals surface area contributed by atoms with Crippen LogP contribution in [0.25, 0.3) is 0 Å². The fourth-order valence-electron chi connectivity index (χ4n) is 2.59. The third kappa shape index (κ3) is 2.50. The van der Waals surface area contributed by atoms with Crippen LogP contribution in [-0.4, -0.2) is 27.0 Å². The van der Waals surface area contributed by atoms with Crippen LogP contribution in [0.5, 0.6) is 0 Å². The highest BCUT2D eigenvalue weighted by atomic mass is 79.9. The van der Waals surface area contributed by atoms with Crippen molar-refractivity contribution in [2.24, 2.45) is 0 Å². The number of carbonyl (C=O) groups is 2. The van der Waals surface area contributed by atoms with E-state index in [0.717, 1.165) is 11.3 Å². The van der Waals surface area contributed by atoms with Crippen molar-refractivity contribution in [3.63, 3.8) is 0 Å². The highest BCUT2D eigenvalue weighted by molar-refractivity contribution is 9.10. The predicted molar refractivity (Wildman–Crippen MR) is 89.2 cm³/mol. The van der Waals surface area contributed by atoms with Crippen LogP contribution < -0.4 is 4.90 Å². The van der Waals surface area contributed by atoms with Crippen molar-refractivity contribution in [1.29, 1.82) is 0 Å². The molecule has 25 heavy (non-hydrogen) atoms. The molecule has 4 rings (SSSR count). The van der Waals surface area contributed by atoms with E-state index >= 15 is 0 Å². The van der Waals surface area contributed by atoms with Crippen molar-refractivity contribution in [1.82, 2.24) is 10.2 Å².